The predicted molar refractivity (Wildman–Crippen MR) is 59.0 cm³/mol. The topological polar surface area (TPSA) is 38.7 Å². The third kappa shape index (κ3) is 3.79. The van der Waals surface area contributed by atoms with Crippen LogP contribution < -0.4 is 4.74 Å². The molecule has 90 valence electrons. The summed E-state index contributed by atoms with van der Waals surface area (Å²) in [4.78, 5) is 0. The Hall–Kier alpha value is -1.13. The zero-order chi connectivity index (χ0) is 12.0. The van der Waals surface area contributed by atoms with Gasteiger partial charge in [-0.25, -0.2) is 4.39 Å². The van der Waals surface area contributed by atoms with Crippen LogP contribution in [-0.2, 0) is 4.74 Å². The average molecular weight is 228 g/mol. The second-order valence-corrected chi connectivity index (χ2v) is 3.56. The Kier molecular flexibility index (Phi) is 5.22. The smallest absolute Gasteiger partial charge is 0.165 e. The third-order valence-corrected chi connectivity index (χ3v) is 2.19. The lowest BCUT2D eigenvalue weighted by atomic mass is 10.1. The molecule has 0 aliphatic rings. The van der Waals surface area contributed by atoms with E-state index in [1.54, 1.807) is 20.1 Å². The molecule has 1 unspecified atom stereocenters. The van der Waals surface area contributed by atoms with Crippen LogP contribution in [0, 0.1) is 5.82 Å². The van der Waals surface area contributed by atoms with Gasteiger partial charge in [0.05, 0.1) is 12.7 Å². The highest BCUT2D eigenvalue weighted by atomic mass is 19.1. The first-order chi connectivity index (χ1) is 7.65. The maximum absolute atomic E-state index is 13.5. The number of aliphatic hydroxyl groups is 1. The van der Waals surface area contributed by atoms with Gasteiger partial charge in [-0.1, -0.05) is 6.07 Å². The Morgan fingerprint density at radius 1 is 1.38 bits per heavy atom. The van der Waals surface area contributed by atoms with Crippen LogP contribution in [0.3, 0.4) is 0 Å². The fourth-order valence-corrected chi connectivity index (χ4v) is 1.28. The number of methoxy groups -OCH3 is 1. The van der Waals surface area contributed by atoms with Crippen molar-refractivity contribution in [2.75, 3.05) is 20.3 Å². The minimum atomic E-state index is -0.669. The van der Waals surface area contributed by atoms with Crippen LogP contribution in [0.25, 0.3) is 0 Å². The number of benzene rings is 1. The van der Waals surface area contributed by atoms with Crippen molar-refractivity contribution in [3.63, 3.8) is 0 Å². The zero-order valence-corrected chi connectivity index (χ0v) is 9.57. The van der Waals surface area contributed by atoms with Crippen LogP contribution in [0.2, 0.25) is 0 Å². The molecule has 0 heterocycles. The number of halogens is 1. The van der Waals surface area contributed by atoms with Crippen LogP contribution in [0.4, 0.5) is 4.39 Å². The molecule has 1 aromatic rings. The zero-order valence-electron chi connectivity index (χ0n) is 9.57. The van der Waals surface area contributed by atoms with Gasteiger partial charge in [0.15, 0.2) is 11.6 Å². The maximum atomic E-state index is 13.5. The summed E-state index contributed by atoms with van der Waals surface area (Å²) in [5.41, 5.74) is 0.543. The molecule has 0 amide bonds. The van der Waals surface area contributed by atoms with Gasteiger partial charge in [-0.2, -0.15) is 0 Å². The lowest BCUT2D eigenvalue weighted by molar-refractivity contribution is 0.170. The Morgan fingerprint density at radius 2 is 2.12 bits per heavy atom. The molecule has 16 heavy (non-hydrogen) atoms. The Morgan fingerprint density at radius 3 is 2.69 bits per heavy atom. The molecule has 0 aliphatic heterocycles. The summed E-state index contributed by atoms with van der Waals surface area (Å²) in [6.07, 6.45) is 0.0470. The lowest BCUT2D eigenvalue weighted by Crippen LogP contribution is -2.03. The van der Waals surface area contributed by atoms with E-state index in [1.807, 2.05) is 0 Å². The molecule has 0 radical (unpaired) electrons. The van der Waals surface area contributed by atoms with E-state index in [-0.39, 0.29) is 5.75 Å². The molecular formula is C12H17FO3. The van der Waals surface area contributed by atoms with E-state index in [1.165, 1.54) is 12.1 Å². The number of aliphatic hydroxyl groups excluding tert-OH is 1. The molecule has 0 aromatic heterocycles. The fraction of sp³-hybridized carbons (Fsp3) is 0.500. The van der Waals surface area contributed by atoms with E-state index in [0.717, 1.165) is 0 Å². The molecule has 1 atom stereocenters. The Balaban J connectivity index is 2.54. The van der Waals surface area contributed by atoms with Crippen LogP contribution in [0.5, 0.6) is 5.75 Å². The second-order valence-electron chi connectivity index (χ2n) is 3.56. The van der Waals surface area contributed by atoms with Crippen LogP contribution in [0.15, 0.2) is 18.2 Å². The molecule has 1 aromatic carbocycles. The number of hydrogen-bond acceptors (Lipinski definition) is 3. The molecule has 0 spiro atoms. The van der Waals surface area contributed by atoms with Crippen LogP contribution in [0.1, 0.15) is 25.0 Å². The van der Waals surface area contributed by atoms with Crippen molar-refractivity contribution < 1.29 is 19.0 Å². The quantitative estimate of drug-likeness (QED) is 0.759. The van der Waals surface area contributed by atoms with Gasteiger partial charge >= 0.3 is 0 Å². The predicted octanol–water partition coefficient (Wildman–Crippen LogP) is 2.29. The van der Waals surface area contributed by atoms with Crippen molar-refractivity contribution in [3.05, 3.63) is 29.6 Å². The number of hydrogen-bond donors (Lipinski definition) is 1. The molecule has 1 rings (SSSR count). The van der Waals surface area contributed by atoms with Crippen molar-refractivity contribution in [2.45, 2.75) is 19.4 Å². The summed E-state index contributed by atoms with van der Waals surface area (Å²) in [6, 6.07) is 4.47. The molecule has 3 nitrogen and oxygen atoms in total. The van der Waals surface area contributed by atoms with Gasteiger partial charge < -0.3 is 14.6 Å². The van der Waals surface area contributed by atoms with Gasteiger partial charge in [-0.15, -0.1) is 0 Å². The summed E-state index contributed by atoms with van der Waals surface area (Å²) in [5, 5.41) is 9.26. The minimum absolute atomic E-state index is 0.209. The van der Waals surface area contributed by atoms with Crippen LogP contribution in [-0.4, -0.2) is 25.4 Å². The van der Waals surface area contributed by atoms with Gasteiger partial charge in [0.25, 0.3) is 0 Å². The van der Waals surface area contributed by atoms with E-state index < -0.39 is 11.9 Å². The Labute approximate surface area is 94.8 Å². The standard InChI is InChI=1S/C12H17FO3/c1-9(14)10-4-5-12(11(13)8-10)16-7-3-6-15-2/h4-5,8-9,14H,3,6-7H2,1-2H3. The highest BCUT2D eigenvalue weighted by molar-refractivity contribution is 5.30. The summed E-state index contributed by atoms with van der Waals surface area (Å²) < 4.78 is 23.5. The first-order valence-electron chi connectivity index (χ1n) is 5.24. The largest absolute Gasteiger partial charge is 0.490 e. The molecule has 1 N–H and O–H groups in total. The number of ether oxygens (including phenoxy) is 2. The normalized spacial score (nSPS) is 12.5. The molecule has 0 bridgehead atoms. The summed E-state index contributed by atoms with van der Waals surface area (Å²) in [6.45, 7) is 2.60. The summed E-state index contributed by atoms with van der Waals surface area (Å²) in [5.74, 6) is -0.240. The highest BCUT2D eigenvalue weighted by Gasteiger charge is 2.07. The average Bonchev–Trinajstić information content (AvgIpc) is 2.26. The molecule has 0 saturated carbocycles. The first-order valence-corrected chi connectivity index (χ1v) is 5.24. The molecular weight excluding hydrogens is 211 g/mol. The number of rotatable bonds is 6. The molecule has 0 saturated heterocycles. The second kappa shape index (κ2) is 6.45. The van der Waals surface area contributed by atoms with E-state index >= 15 is 0 Å². The van der Waals surface area contributed by atoms with Gasteiger partial charge in [0.1, 0.15) is 0 Å². The van der Waals surface area contributed by atoms with Crippen molar-refractivity contribution in [1.29, 1.82) is 0 Å². The van der Waals surface area contributed by atoms with E-state index in [0.29, 0.717) is 25.2 Å². The van der Waals surface area contributed by atoms with E-state index in [9.17, 15) is 9.50 Å². The monoisotopic (exact) mass is 228 g/mol. The van der Waals surface area contributed by atoms with Gasteiger partial charge in [-0.05, 0) is 24.6 Å². The highest BCUT2D eigenvalue weighted by Crippen LogP contribution is 2.21. The van der Waals surface area contributed by atoms with Crippen molar-refractivity contribution >= 4 is 0 Å². The van der Waals surface area contributed by atoms with E-state index in [4.69, 9.17) is 9.47 Å². The fourth-order valence-electron chi connectivity index (χ4n) is 1.28. The van der Waals surface area contributed by atoms with Crippen molar-refractivity contribution in [2.24, 2.45) is 0 Å². The molecule has 0 fully saturated rings. The van der Waals surface area contributed by atoms with Crippen molar-refractivity contribution in [1.82, 2.24) is 0 Å². The van der Waals surface area contributed by atoms with Gasteiger partial charge in [0, 0.05) is 20.1 Å². The Bertz CT molecular complexity index is 326. The van der Waals surface area contributed by atoms with Gasteiger partial charge in [-0.3, -0.25) is 0 Å². The van der Waals surface area contributed by atoms with Crippen molar-refractivity contribution in [3.8, 4) is 5.75 Å². The summed E-state index contributed by atoms with van der Waals surface area (Å²) >= 11 is 0. The van der Waals surface area contributed by atoms with E-state index in [2.05, 4.69) is 0 Å². The molecule has 4 heteroatoms. The van der Waals surface area contributed by atoms with Crippen LogP contribution >= 0.6 is 0 Å². The minimum Gasteiger partial charge on any atom is -0.490 e. The SMILES string of the molecule is COCCCOc1ccc(C(C)O)cc1F. The van der Waals surface area contributed by atoms with Gasteiger partial charge in [0.2, 0.25) is 0 Å². The first kappa shape index (κ1) is 12.9. The lowest BCUT2D eigenvalue weighted by Gasteiger charge is -2.09. The molecule has 0 aliphatic carbocycles. The summed E-state index contributed by atoms with van der Waals surface area (Å²) in [7, 11) is 1.61. The maximum Gasteiger partial charge on any atom is 0.165 e. The third-order valence-electron chi connectivity index (χ3n) is 2.19.